The van der Waals surface area contributed by atoms with Gasteiger partial charge in [0.2, 0.25) is 0 Å². The van der Waals surface area contributed by atoms with Gasteiger partial charge in [0.1, 0.15) is 5.82 Å². The first-order valence-electron chi connectivity index (χ1n) is 6.24. The predicted octanol–water partition coefficient (Wildman–Crippen LogP) is 3.07. The molecule has 0 radical (unpaired) electrons. The van der Waals surface area contributed by atoms with E-state index in [-0.39, 0.29) is 0 Å². The maximum Gasteiger partial charge on any atom is 0.138 e. The molecule has 0 fully saturated rings. The van der Waals surface area contributed by atoms with E-state index in [9.17, 15) is 0 Å². The summed E-state index contributed by atoms with van der Waals surface area (Å²) in [6, 6.07) is 7.86. The summed E-state index contributed by atoms with van der Waals surface area (Å²) in [6.07, 6.45) is 2.95. The van der Waals surface area contributed by atoms with E-state index in [4.69, 9.17) is 11.6 Å². The molecule has 0 bridgehead atoms. The zero-order valence-corrected chi connectivity index (χ0v) is 12.0. The summed E-state index contributed by atoms with van der Waals surface area (Å²) in [7, 11) is 0. The Hall–Kier alpha value is -1.10. The number of fused-ring (bicyclic) bond motifs is 1. The van der Waals surface area contributed by atoms with Crippen LogP contribution < -0.4 is 5.32 Å². The van der Waals surface area contributed by atoms with Crippen molar-refractivity contribution in [3.8, 4) is 0 Å². The van der Waals surface area contributed by atoms with Gasteiger partial charge in [0, 0.05) is 46.9 Å². The molecule has 98 valence electrons. The lowest BCUT2D eigenvalue weighted by Crippen LogP contribution is -2.25. The second-order valence-electron chi connectivity index (χ2n) is 4.43. The van der Waals surface area contributed by atoms with Gasteiger partial charge in [-0.15, -0.1) is 11.8 Å². The van der Waals surface area contributed by atoms with Crippen LogP contribution in [0, 0.1) is 0 Å². The number of hydrogen-bond donors (Lipinski definition) is 1. The molecule has 1 aromatic heterocycles. The zero-order chi connectivity index (χ0) is 13.1. The van der Waals surface area contributed by atoms with E-state index >= 15 is 0 Å². The third-order valence-electron chi connectivity index (χ3n) is 3.04. The molecule has 1 N–H and O–H groups in total. The maximum absolute atomic E-state index is 5.87. The number of nitrogens with one attached hydrogen (secondary N) is 1. The molecule has 0 aliphatic carbocycles. The minimum absolute atomic E-state index is 0.766. The molecular weight excluding hydrogens is 278 g/mol. The fourth-order valence-electron chi connectivity index (χ4n) is 2.03. The topological polar surface area (TPSA) is 37.8 Å². The van der Waals surface area contributed by atoms with Gasteiger partial charge >= 0.3 is 0 Å². The Morgan fingerprint density at radius 2 is 2.11 bits per heavy atom. The van der Waals surface area contributed by atoms with Gasteiger partial charge in [-0.2, -0.15) is 0 Å². The second-order valence-corrected chi connectivity index (χ2v) is 5.91. The summed E-state index contributed by atoms with van der Waals surface area (Å²) in [5.74, 6) is 1.70. The molecule has 0 unspecified atom stereocenters. The number of halogens is 1. The van der Waals surface area contributed by atoms with Crippen LogP contribution in [0.1, 0.15) is 17.1 Å². The third kappa shape index (κ3) is 3.26. The first kappa shape index (κ1) is 12.9. The van der Waals surface area contributed by atoms with Crippen molar-refractivity contribution in [2.24, 2.45) is 0 Å². The largest absolute Gasteiger partial charge is 0.312 e. The van der Waals surface area contributed by atoms with Crippen LogP contribution >= 0.6 is 23.4 Å². The van der Waals surface area contributed by atoms with Crippen molar-refractivity contribution in [3.05, 3.63) is 52.6 Å². The first-order chi connectivity index (χ1) is 9.31. The quantitative estimate of drug-likeness (QED) is 0.882. The minimum Gasteiger partial charge on any atom is -0.312 e. The van der Waals surface area contributed by atoms with Crippen LogP contribution in [-0.4, -0.2) is 16.5 Å². The number of nitrogens with zero attached hydrogens (tertiary/aromatic N) is 2. The lowest BCUT2D eigenvalue weighted by molar-refractivity contribution is 0.622. The van der Waals surface area contributed by atoms with E-state index in [1.165, 1.54) is 16.2 Å². The smallest absolute Gasteiger partial charge is 0.138 e. The van der Waals surface area contributed by atoms with E-state index < -0.39 is 0 Å². The van der Waals surface area contributed by atoms with Gasteiger partial charge in [-0.25, -0.2) is 9.97 Å². The van der Waals surface area contributed by atoms with E-state index in [1.54, 1.807) is 11.8 Å². The average molecular weight is 292 g/mol. The first-order valence-corrected chi connectivity index (χ1v) is 7.60. The molecule has 19 heavy (non-hydrogen) atoms. The highest BCUT2D eigenvalue weighted by Gasteiger charge is 2.11. The van der Waals surface area contributed by atoms with Crippen molar-refractivity contribution in [2.75, 3.05) is 6.54 Å². The molecule has 0 saturated heterocycles. The van der Waals surface area contributed by atoms with Gasteiger partial charge in [-0.05, 0) is 24.3 Å². The number of aromatic nitrogens is 2. The molecule has 3 rings (SSSR count). The Kier molecular flexibility index (Phi) is 4.01. The Labute approximate surface area is 121 Å². The lowest BCUT2D eigenvalue weighted by Gasteiger charge is -2.15. The Bertz CT molecular complexity index is 571. The van der Waals surface area contributed by atoms with Gasteiger partial charge in [-0.3, -0.25) is 0 Å². The lowest BCUT2D eigenvalue weighted by atomic mass is 10.1. The monoisotopic (exact) mass is 291 g/mol. The van der Waals surface area contributed by atoms with Crippen LogP contribution in [0.2, 0.25) is 5.02 Å². The second kappa shape index (κ2) is 5.90. The van der Waals surface area contributed by atoms with Crippen molar-refractivity contribution in [2.45, 2.75) is 23.6 Å². The summed E-state index contributed by atoms with van der Waals surface area (Å²) < 4.78 is 0. The minimum atomic E-state index is 0.766. The Balaban J connectivity index is 1.68. The van der Waals surface area contributed by atoms with Crippen molar-refractivity contribution >= 4 is 23.4 Å². The number of hydrogen-bond acceptors (Lipinski definition) is 4. The van der Waals surface area contributed by atoms with Crippen molar-refractivity contribution in [1.29, 1.82) is 0 Å². The molecule has 0 atom stereocenters. The van der Waals surface area contributed by atoms with Gasteiger partial charge < -0.3 is 5.32 Å². The summed E-state index contributed by atoms with van der Waals surface area (Å²) in [5.41, 5.74) is 2.42. The molecule has 1 aliphatic rings. The third-order valence-corrected chi connectivity index (χ3v) is 4.30. The Morgan fingerprint density at radius 1 is 1.26 bits per heavy atom. The highest BCUT2D eigenvalue weighted by Crippen LogP contribution is 2.23. The summed E-state index contributed by atoms with van der Waals surface area (Å²) in [4.78, 5) is 10.3. The molecule has 2 heterocycles. The molecule has 2 aromatic rings. The molecule has 5 heteroatoms. The van der Waals surface area contributed by atoms with Crippen molar-refractivity contribution < 1.29 is 0 Å². The normalized spacial score (nSPS) is 14.2. The molecule has 0 saturated carbocycles. The SMILES string of the molecule is Clc1ccc(SCc2ncc3c(n2)CCNC3)cc1. The van der Waals surface area contributed by atoms with Crippen LogP contribution in [0.5, 0.6) is 0 Å². The number of rotatable bonds is 3. The number of thioether (sulfide) groups is 1. The highest BCUT2D eigenvalue weighted by atomic mass is 35.5. The van der Waals surface area contributed by atoms with Crippen LogP contribution in [-0.2, 0) is 18.7 Å². The van der Waals surface area contributed by atoms with E-state index in [0.29, 0.717) is 0 Å². The maximum atomic E-state index is 5.87. The fourth-order valence-corrected chi connectivity index (χ4v) is 2.91. The fraction of sp³-hybridized carbons (Fsp3) is 0.286. The zero-order valence-electron chi connectivity index (χ0n) is 10.4. The van der Waals surface area contributed by atoms with E-state index in [0.717, 1.165) is 36.1 Å². The molecule has 1 aliphatic heterocycles. The van der Waals surface area contributed by atoms with Crippen LogP contribution in [0.25, 0.3) is 0 Å². The average Bonchev–Trinajstić information content (AvgIpc) is 2.46. The standard InChI is InChI=1S/C14H14ClN3S/c15-11-1-3-12(4-2-11)19-9-14-17-8-10-7-16-6-5-13(10)18-14/h1-4,8,16H,5-7,9H2. The Morgan fingerprint density at radius 3 is 2.95 bits per heavy atom. The van der Waals surface area contributed by atoms with Gasteiger partial charge in [0.05, 0.1) is 5.75 Å². The number of benzene rings is 1. The molecular formula is C14H14ClN3S. The van der Waals surface area contributed by atoms with Crippen molar-refractivity contribution in [1.82, 2.24) is 15.3 Å². The van der Waals surface area contributed by atoms with Gasteiger partial charge in [0.25, 0.3) is 0 Å². The molecule has 0 amide bonds. The van der Waals surface area contributed by atoms with Crippen LogP contribution in [0.4, 0.5) is 0 Å². The van der Waals surface area contributed by atoms with Gasteiger partial charge in [0.15, 0.2) is 0 Å². The molecule has 3 nitrogen and oxygen atoms in total. The highest BCUT2D eigenvalue weighted by molar-refractivity contribution is 7.98. The van der Waals surface area contributed by atoms with Crippen molar-refractivity contribution in [3.63, 3.8) is 0 Å². The summed E-state index contributed by atoms with van der Waals surface area (Å²) in [5, 5.41) is 4.09. The van der Waals surface area contributed by atoms with Crippen LogP contribution in [0.3, 0.4) is 0 Å². The van der Waals surface area contributed by atoms with E-state index in [2.05, 4.69) is 15.3 Å². The van der Waals surface area contributed by atoms with Gasteiger partial charge in [-0.1, -0.05) is 11.6 Å². The van der Waals surface area contributed by atoms with E-state index in [1.807, 2.05) is 30.5 Å². The van der Waals surface area contributed by atoms with Crippen LogP contribution in [0.15, 0.2) is 35.4 Å². The molecule has 1 aromatic carbocycles. The predicted molar refractivity (Wildman–Crippen MR) is 78.5 cm³/mol. The summed E-state index contributed by atoms with van der Waals surface area (Å²) in [6.45, 7) is 1.90. The molecule has 0 spiro atoms. The summed E-state index contributed by atoms with van der Waals surface area (Å²) >= 11 is 7.60.